The monoisotopic (exact) mass is 487 g/mol. The maximum Gasteiger partial charge on any atom is 0.403 e. The van der Waals surface area contributed by atoms with Gasteiger partial charge >= 0.3 is 6.18 Å². The second kappa shape index (κ2) is 9.97. The zero-order chi connectivity index (χ0) is 17.7. The van der Waals surface area contributed by atoms with Gasteiger partial charge in [0.1, 0.15) is 6.04 Å². The van der Waals surface area contributed by atoms with Gasteiger partial charge in [-0.25, -0.2) is 13.1 Å². The zero-order valence-corrected chi connectivity index (χ0v) is 17.1. The Morgan fingerprint density at radius 2 is 1.75 bits per heavy atom. The molecule has 0 aromatic rings. The number of nitrogens with zero attached hydrogens (tertiary/aromatic N) is 3. The number of sulfonamides is 1. The van der Waals surface area contributed by atoms with Gasteiger partial charge in [-0.2, -0.15) is 13.2 Å². The molecule has 0 radical (unpaired) electrons. The fraction of sp³-hybridized carbons (Fsp3) is 0.917. The van der Waals surface area contributed by atoms with E-state index in [9.17, 15) is 21.6 Å². The van der Waals surface area contributed by atoms with E-state index >= 15 is 0 Å². The topological polar surface area (TPSA) is 77.0 Å². The average Bonchev–Trinajstić information content (AvgIpc) is 2.45. The van der Waals surface area contributed by atoms with E-state index in [1.54, 1.807) is 7.05 Å². The number of nitrogens with one attached hydrogen (secondary N) is 2. The Bertz CT molecular complexity index is 507. The van der Waals surface area contributed by atoms with Crippen molar-refractivity contribution in [3.63, 3.8) is 0 Å². The van der Waals surface area contributed by atoms with E-state index in [1.807, 2.05) is 4.90 Å². The van der Waals surface area contributed by atoms with Crippen LogP contribution in [0, 0.1) is 0 Å². The van der Waals surface area contributed by atoms with Crippen molar-refractivity contribution in [3.8, 4) is 0 Å². The molecule has 1 fully saturated rings. The molecule has 0 spiro atoms. The van der Waals surface area contributed by atoms with E-state index in [-0.39, 0.29) is 30.5 Å². The molecule has 1 saturated heterocycles. The van der Waals surface area contributed by atoms with E-state index in [0.29, 0.717) is 38.7 Å². The van der Waals surface area contributed by atoms with Gasteiger partial charge in [0, 0.05) is 46.3 Å². The first-order chi connectivity index (χ1) is 10.5. The van der Waals surface area contributed by atoms with Crippen molar-refractivity contribution >= 4 is 40.0 Å². The van der Waals surface area contributed by atoms with Gasteiger partial charge in [-0.1, -0.05) is 0 Å². The first kappa shape index (κ1) is 23.7. The SMILES string of the molecule is CN=C(NCCNS(C)(=O)=O)N1CCN(C(C)C(F)(F)F)CC1.I. The molecule has 1 heterocycles. The third-order valence-corrected chi connectivity index (χ3v) is 4.35. The number of alkyl halides is 3. The number of guanidine groups is 1. The van der Waals surface area contributed by atoms with Gasteiger partial charge in [0.2, 0.25) is 10.0 Å². The number of hydrogen-bond donors (Lipinski definition) is 2. The van der Waals surface area contributed by atoms with Crippen LogP contribution in [0.5, 0.6) is 0 Å². The summed E-state index contributed by atoms with van der Waals surface area (Å²) in [5.41, 5.74) is 0. The molecule has 0 saturated carbocycles. The maximum atomic E-state index is 12.7. The molecule has 0 bridgehead atoms. The summed E-state index contributed by atoms with van der Waals surface area (Å²) < 4.78 is 62.4. The zero-order valence-electron chi connectivity index (χ0n) is 13.9. The van der Waals surface area contributed by atoms with E-state index in [4.69, 9.17) is 0 Å². The molecule has 1 aliphatic heterocycles. The van der Waals surface area contributed by atoms with Crippen LogP contribution in [0.2, 0.25) is 0 Å². The van der Waals surface area contributed by atoms with Crippen LogP contribution in [0.15, 0.2) is 4.99 Å². The van der Waals surface area contributed by atoms with Crippen molar-refractivity contribution in [1.29, 1.82) is 0 Å². The Balaban J connectivity index is 0.00000529. The largest absolute Gasteiger partial charge is 0.403 e. The highest BCUT2D eigenvalue weighted by atomic mass is 127. The second-order valence-electron chi connectivity index (χ2n) is 5.38. The summed E-state index contributed by atoms with van der Waals surface area (Å²) in [5.74, 6) is 0.555. The summed E-state index contributed by atoms with van der Waals surface area (Å²) in [5, 5.41) is 2.99. The first-order valence-corrected chi connectivity index (χ1v) is 9.14. The predicted octanol–water partition coefficient (Wildman–Crippen LogP) is 0.297. The van der Waals surface area contributed by atoms with Crippen molar-refractivity contribution in [2.75, 3.05) is 52.6 Å². The number of piperazine rings is 1. The lowest BCUT2D eigenvalue weighted by Crippen LogP contribution is -2.57. The molecule has 2 N–H and O–H groups in total. The minimum absolute atomic E-state index is 0. The Hall–Kier alpha value is -0.340. The second-order valence-corrected chi connectivity index (χ2v) is 7.21. The van der Waals surface area contributed by atoms with Gasteiger partial charge in [0.25, 0.3) is 0 Å². The Kier molecular flexibility index (Phi) is 9.83. The molecular weight excluding hydrogens is 462 g/mol. The lowest BCUT2D eigenvalue weighted by Gasteiger charge is -2.39. The average molecular weight is 487 g/mol. The predicted molar refractivity (Wildman–Crippen MR) is 98.3 cm³/mol. The first-order valence-electron chi connectivity index (χ1n) is 7.25. The lowest BCUT2D eigenvalue weighted by atomic mass is 10.2. The molecule has 0 amide bonds. The molecular formula is C12H25F3IN5O2S. The molecule has 0 aromatic heterocycles. The van der Waals surface area contributed by atoms with Crippen LogP contribution in [0.4, 0.5) is 13.2 Å². The maximum absolute atomic E-state index is 12.7. The smallest absolute Gasteiger partial charge is 0.355 e. The van der Waals surface area contributed by atoms with Crippen LogP contribution in [0.3, 0.4) is 0 Å². The highest BCUT2D eigenvalue weighted by Gasteiger charge is 2.41. The van der Waals surface area contributed by atoms with Gasteiger partial charge in [-0.05, 0) is 6.92 Å². The van der Waals surface area contributed by atoms with E-state index < -0.39 is 22.2 Å². The summed E-state index contributed by atoms with van der Waals surface area (Å²) in [4.78, 5) is 7.34. The molecule has 0 aliphatic carbocycles. The number of rotatable bonds is 5. The number of hydrogen-bond acceptors (Lipinski definition) is 4. The molecule has 1 aliphatic rings. The Morgan fingerprint density at radius 3 is 2.17 bits per heavy atom. The van der Waals surface area contributed by atoms with Gasteiger partial charge in [0.05, 0.1) is 6.26 Å². The molecule has 1 rings (SSSR count). The van der Waals surface area contributed by atoms with Gasteiger partial charge in [-0.15, -0.1) is 24.0 Å². The van der Waals surface area contributed by atoms with E-state index in [1.165, 1.54) is 11.8 Å². The molecule has 144 valence electrons. The van der Waals surface area contributed by atoms with Crippen LogP contribution in [0.1, 0.15) is 6.92 Å². The summed E-state index contributed by atoms with van der Waals surface area (Å²) in [6, 6.07) is -1.46. The Labute approximate surface area is 158 Å². The number of halogens is 4. The Morgan fingerprint density at radius 1 is 1.21 bits per heavy atom. The molecule has 7 nitrogen and oxygen atoms in total. The minimum Gasteiger partial charge on any atom is -0.355 e. The van der Waals surface area contributed by atoms with Crippen LogP contribution >= 0.6 is 24.0 Å². The van der Waals surface area contributed by atoms with E-state index in [0.717, 1.165) is 6.26 Å². The molecule has 0 aromatic carbocycles. The standard InChI is InChI=1S/C12H24F3N5O2S.HI/c1-10(12(13,14)15)19-6-8-20(9-7-19)11(16-2)17-4-5-18-23(3,21)22;/h10,18H,4-9H2,1-3H3,(H,16,17);1H. The fourth-order valence-electron chi connectivity index (χ4n) is 2.27. The van der Waals surface area contributed by atoms with Gasteiger partial charge in [-0.3, -0.25) is 9.89 Å². The highest BCUT2D eigenvalue weighted by molar-refractivity contribution is 14.0. The van der Waals surface area contributed by atoms with Crippen LogP contribution in [-0.4, -0.2) is 89.0 Å². The van der Waals surface area contributed by atoms with Crippen molar-refractivity contribution in [2.45, 2.75) is 19.1 Å². The summed E-state index contributed by atoms with van der Waals surface area (Å²) >= 11 is 0. The third-order valence-electron chi connectivity index (χ3n) is 3.62. The molecule has 1 atom stereocenters. The van der Waals surface area contributed by atoms with Crippen molar-refractivity contribution < 1.29 is 21.6 Å². The van der Waals surface area contributed by atoms with Crippen LogP contribution in [-0.2, 0) is 10.0 Å². The molecule has 1 unspecified atom stereocenters. The fourth-order valence-corrected chi connectivity index (χ4v) is 2.74. The van der Waals surface area contributed by atoms with Crippen LogP contribution in [0.25, 0.3) is 0 Å². The van der Waals surface area contributed by atoms with Crippen LogP contribution < -0.4 is 10.0 Å². The lowest BCUT2D eigenvalue weighted by molar-refractivity contribution is -0.181. The van der Waals surface area contributed by atoms with Gasteiger partial charge in [0.15, 0.2) is 5.96 Å². The summed E-state index contributed by atoms with van der Waals surface area (Å²) in [6.07, 6.45) is -3.15. The highest BCUT2D eigenvalue weighted by Crippen LogP contribution is 2.25. The summed E-state index contributed by atoms with van der Waals surface area (Å²) in [6.45, 7) is 3.17. The van der Waals surface area contributed by atoms with E-state index in [2.05, 4.69) is 15.0 Å². The normalized spacial score (nSPS) is 18.9. The molecule has 12 heteroatoms. The van der Waals surface area contributed by atoms with Crippen molar-refractivity contribution in [2.24, 2.45) is 4.99 Å². The molecule has 24 heavy (non-hydrogen) atoms. The van der Waals surface area contributed by atoms with Crippen molar-refractivity contribution in [1.82, 2.24) is 19.8 Å². The minimum atomic E-state index is -4.22. The quantitative estimate of drug-likeness (QED) is 0.253. The van der Waals surface area contributed by atoms with Crippen molar-refractivity contribution in [3.05, 3.63) is 0 Å². The third kappa shape index (κ3) is 8.16. The summed E-state index contributed by atoms with van der Waals surface area (Å²) in [7, 11) is -1.66. The van der Waals surface area contributed by atoms with Gasteiger partial charge < -0.3 is 10.2 Å². The number of aliphatic imine (C=N–C) groups is 1.